The quantitative estimate of drug-likeness (QED) is 0.788. The summed E-state index contributed by atoms with van der Waals surface area (Å²) in [6.07, 6.45) is 7.60. The second-order valence-corrected chi connectivity index (χ2v) is 5.05. The Morgan fingerprint density at radius 1 is 0.739 bits per heavy atom. The van der Waals surface area contributed by atoms with Crippen LogP contribution in [-0.2, 0) is 0 Å². The maximum absolute atomic E-state index is 11.7. The molecule has 1 N–H and O–H groups in total. The fourth-order valence-electron chi connectivity index (χ4n) is 2.17. The summed E-state index contributed by atoms with van der Waals surface area (Å²) in [5.41, 5.74) is 3.14. The van der Waals surface area contributed by atoms with Crippen molar-refractivity contribution in [1.29, 1.82) is 0 Å². The highest BCUT2D eigenvalue weighted by Crippen LogP contribution is 2.08. The van der Waals surface area contributed by atoms with Gasteiger partial charge in [0.2, 0.25) is 0 Å². The highest BCUT2D eigenvalue weighted by atomic mass is 16.1. The van der Waals surface area contributed by atoms with E-state index in [4.69, 9.17) is 0 Å². The molecule has 0 radical (unpaired) electrons. The molecular weight excluding hydrogens is 284 g/mol. The highest BCUT2D eigenvalue weighted by molar-refractivity contribution is 5.71. The Morgan fingerprint density at radius 3 is 1.91 bits per heavy atom. The van der Waals surface area contributed by atoms with E-state index < -0.39 is 0 Å². The van der Waals surface area contributed by atoms with E-state index in [1.807, 2.05) is 91.0 Å². The van der Waals surface area contributed by atoms with Crippen molar-refractivity contribution in [2.75, 3.05) is 0 Å². The molecule has 0 atom stereocenters. The van der Waals surface area contributed by atoms with Gasteiger partial charge in [0.15, 0.2) is 0 Å². The first-order chi connectivity index (χ1) is 11.3. The molecule has 3 aromatic rings. The smallest absolute Gasteiger partial charge is 0.306 e. The van der Waals surface area contributed by atoms with E-state index >= 15 is 0 Å². The van der Waals surface area contributed by atoms with Crippen molar-refractivity contribution < 1.29 is 0 Å². The zero-order chi connectivity index (χ0) is 15.9. The van der Waals surface area contributed by atoms with Gasteiger partial charge in [-0.05, 0) is 29.3 Å². The third-order valence-electron chi connectivity index (χ3n) is 3.29. The number of H-pyrrole nitrogens is 1. The summed E-state index contributed by atoms with van der Waals surface area (Å²) in [5.74, 6) is 0. The predicted molar refractivity (Wildman–Crippen MR) is 95.6 cm³/mol. The van der Waals surface area contributed by atoms with Gasteiger partial charge in [0.25, 0.3) is 0 Å². The normalized spacial score (nSPS) is 11.3. The molecule has 0 saturated heterocycles. The van der Waals surface area contributed by atoms with E-state index in [2.05, 4.69) is 9.97 Å². The Hall–Kier alpha value is -3.20. The van der Waals surface area contributed by atoms with Gasteiger partial charge in [0.05, 0.1) is 5.69 Å². The Balaban J connectivity index is 1.83. The predicted octanol–water partition coefficient (Wildman–Crippen LogP) is 4.11. The molecule has 0 aliphatic heterocycles. The molecule has 23 heavy (non-hydrogen) atoms. The van der Waals surface area contributed by atoms with Crippen molar-refractivity contribution >= 4 is 24.3 Å². The Bertz CT molecular complexity index is 808. The van der Waals surface area contributed by atoms with Gasteiger partial charge in [-0.1, -0.05) is 72.8 Å². The van der Waals surface area contributed by atoms with Crippen LogP contribution in [-0.4, -0.2) is 9.97 Å². The summed E-state index contributed by atoms with van der Waals surface area (Å²) in [7, 11) is 0. The molecule has 0 spiro atoms. The van der Waals surface area contributed by atoms with Gasteiger partial charge >= 0.3 is 5.69 Å². The average Bonchev–Trinajstić information content (AvgIpc) is 2.60. The van der Waals surface area contributed by atoms with E-state index in [-0.39, 0.29) is 5.69 Å². The molecule has 0 aliphatic rings. The first-order valence-electron chi connectivity index (χ1n) is 7.37. The summed E-state index contributed by atoms with van der Waals surface area (Å²) in [6.45, 7) is 0. The molecule has 3 rings (SSSR count). The molecule has 3 nitrogen and oxygen atoms in total. The Labute approximate surface area is 134 Å². The monoisotopic (exact) mass is 300 g/mol. The standard InChI is InChI=1S/C20H16N2O/c23-20-21-18(13-11-16-7-3-1-4-8-16)15-19(22-20)14-12-17-9-5-2-6-10-17/h1-15H,(H,21,22,23). The molecule has 3 heteroatoms. The van der Waals surface area contributed by atoms with E-state index in [1.165, 1.54) is 0 Å². The minimum atomic E-state index is -0.354. The molecule has 0 unspecified atom stereocenters. The lowest BCUT2D eigenvalue weighted by Crippen LogP contribution is -2.12. The molecule has 0 saturated carbocycles. The molecule has 0 fully saturated rings. The molecule has 0 amide bonds. The maximum atomic E-state index is 11.7. The number of hydrogen-bond acceptors (Lipinski definition) is 2. The van der Waals surface area contributed by atoms with Crippen LogP contribution in [0.15, 0.2) is 71.5 Å². The fourth-order valence-corrected chi connectivity index (χ4v) is 2.17. The second-order valence-electron chi connectivity index (χ2n) is 5.05. The third-order valence-corrected chi connectivity index (χ3v) is 3.29. The lowest BCUT2D eigenvalue weighted by atomic mass is 10.2. The summed E-state index contributed by atoms with van der Waals surface area (Å²) in [5, 5.41) is 0. The van der Waals surface area contributed by atoms with Crippen LogP contribution in [0, 0.1) is 0 Å². The topological polar surface area (TPSA) is 45.8 Å². The van der Waals surface area contributed by atoms with Crippen molar-refractivity contribution in [1.82, 2.24) is 9.97 Å². The molecule has 2 aromatic carbocycles. The lowest BCUT2D eigenvalue weighted by Gasteiger charge is -1.97. The van der Waals surface area contributed by atoms with Crippen molar-refractivity contribution in [3.05, 3.63) is 99.7 Å². The van der Waals surface area contributed by atoms with E-state index in [0.717, 1.165) is 16.8 Å². The molecule has 0 bridgehead atoms. The van der Waals surface area contributed by atoms with Crippen LogP contribution in [0.4, 0.5) is 0 Å². The summed E-state index contributed by atoms with van der Waals surface area (Å²) in [4.78, 5) is 18.4. The number of benzene rings is 2. The molecular formula is C20H16N2O. The van der Waals surface area contributed by atoms with Gasteiger partial charge in [-0.3, -0.25) is 0 Å². The lowest BCUT2D eigenvalue weighted by molar-refractivity contribution is 1.05. The van der Waals surface area contributed by atoms with Crippen LogP contribution in [0.1, 0.15) is 22.5 Å². The van der Waals surface area contributed by atoms with Crippen LogP contribution >= 0.6 is 0 Å². The van der Waals surface area contributed by atoms with E-state index in [1.54, 1.807) is 0 Å². The number of aromatic nitrogens is 2. The first-order valence-corrected chi connectivity index (χ1v) is 7.37. The summed E-state index contributed by atoms with van der Waals surface area (Å²) >= 11 is 0. The van der Waals surface area contributed by atoms with E-state index in [0.29, 0.717) is 5.69 Å². The number of hydrogen-bond donors (Lipinski definition) is 1. The summed E-state index contributed by atoms with van der Waals surface area (Å²) in [6, 6.07) is 21.7. The molecule has 0 aliphatic carbocycles. The molecule has 112 valence electrons. The average molecular weight is 300 g/mol. The van der Waals surface area contributed by atoms with Crippen LogP contribution in [0.3, 0.4) is 0 Å². The van der Waals surface area contributed by atoms with Crippen LogP contribution in [0.25, 0.3) is 24.3 Å². The minimum absolute atomic E-state index is 0.354. The molecule has 1 aromatic heterocycles. The number of rotatable bonds is 4. The number of aromatic amines is 1. The summed E-state index contributed by atoms with van der Waals surface area (Å²) < 4.78 is 0. The van der Waals surface area contributed by atoms with Gasteiger partial charge < -0.3 is 4.98 Å². The van der Waals surface area contributed by atoms with E-state index in [9.17, 15) is 4.79 Å². The Kier molecular flexibility index (Phi) is 4.60. The minimum Gasteiger partial charge on any atom is -0.306 e. The Morgan fingerprint density at radius 2 is 1.30 bits per heavy atom. The maximum Gasteiger partial charge on any atom is 0.345 e. The van der Waals surface area contributed by atoms with Gasteiger partial charge in [0, 0.05) is 5.69 Å². The van der Waals surface area contributed by atoms with Crippen LogP contribution < -0.4 is 5.69 Å². The fraction of sp³-hybridized carbons (Fsp3) is 0. The largest absolute Gasteiger partial charge is 0.345 e. The second kappa shape index (κ2) is 7.18. The zero-order valence-electron chi connectivity index (χ0n) is 12.5. The van der Waals surface area contributed by atoms with Gasteiger partial charge in [-0.15, -0.1) is 0 Å². The van der Waals surface area contributed by atoms with Crippen molar-refractivity contribution in [2.45, 2.75) is 0 Å². The SMILES string of the molecule is O=c1nc(C=Cc2ccccc2)cc(C=Cc2ccccc2)[nH]1. The van der Waals surface area contributed by atoms with Gasteiger partial charge in [0.1, 0.15) is 0 Å². The van der Waals surface area contributed by atoms with Crippen molar-refractivity contribution in [2.24, 2.45) is 0 Å². The van der Waals surface area contributed by atoms with Crippen LogP contribution in [0.5, 0.6) is 0 Å². The number of nitrogens with zero attached hydrogens (tertiary/aromatic N) is 1. The third kappa shape index (κ3) is 4.38. The molecule has 1 heterocycles. The first kappa shape index (κ1) is 14.7. The van der Waals surface area contributed by atoms with Crippen molar-refractivity contribution in [3.8, 4) is 0 Å². The van der Waals surface area contributed by atoms with Crippen molar-refractivity contribution in [3.63, 3.8) is 0 Å². The van der Waals surface area contributed by atoms with Crippen LogP contribution in [0.2, 0.25) is 0 Å². The highest BCUT2D eigenvalue weighted by Gasteiger charge is 1.96. The van der Waals surface area contributed by atoms with Gasteiger partial charge in [-0.2, -0.15) is 4.98 Å². The zero-order valence-corrected chi connectivity index (χ0v) is 12.5. The van der Waals surface area contributed by atoms with Gasteiger partial charge in [-0.25, -0.2) is 4.79 Å². The number of nitrogens with one attached hydrogen (secondary N) is 1.